The van der Waals surface area contributed by atoms with Gasteiger partial charge in [-0.05, 0) is 43.2 Å². The Morgan fingerprint density at radius 1 is 1.18 bits per heavy atom. The molecule has 5 aromatic rings. The summed E-state index contributed by atoms with van der Waals surface area (Å²) in [5, 5.41) is 14.6. The number of anilines is 1. The minimum Gasteiger partial charge on any atom is -0.464 e. The van der Waals surface area contributed by atoms with E-state index in [4.69, 9.17) is 21.8 Å². The zero-order chi connectivity index (χ0) is 31.8. The number of rotatable bonds is 5. The fraction of sp³-hybridized carbons (Fsp3) is 0.233. The Balaban J connectivity index is 1.44. The number of pyridine rings is 1. The summed E-state index contributed by atoms with van der Waals surface area (Å²) in [6, 6.07) is 9.29. The Morgan fingerprint density at radius 2 is 2.00 bits per heavy atom. The lowest BCUT2D eigenvalue weighted by atomic mass is 9.88. The van der Waals surface area contributed by atoms with Crippen molar-refractivity contribution in [1.82, 2.24) is 29.8 Å². The van der Waals surface area contributed by atoms with Crippen molar-refractivity contribution in [3.05, 3.63) is 93.4 Å². The van der Waals surface area contributed by atoms with Gasteiger partial charge in [0.25, 0.3) is 5.91 Å². The third-order valence-electron chi connectivity index (χ3n) is 7.68. The van der Waals surface area contributed by atoms with Gasteiger partial charge in [-0.3, -0.25) is 19.4 Å². The van der Waals surface area contributed by atoms with E-state index in [0.29, 0.717) is 57.0 Å². The van der Waals surface area contributed by atoms with E-state index < -0.39 is 24.3 Å². The summed E-state index contributed by atoms with van der Waals surface area (Å²) in [4.78, 5) is 42.7. The zero-order valence-electron chi connectivity index (χ0n) is 23.7. The van der Waals surface area contributed by atoms with Crippen molar-refractivity contribution < 1.29 is 22.8 Å². The summed E-state index contributed by atoms with van der Waals surface area (Å²) in [6.07, 6.45) is 6.81. The standard InChI is InChI=1S/C30H25ClF2N8O4/c1-15-3-2-4-18(21-9-16(7-8-35-21)27-22(37-29(15)44)12-36-41(27)30(32)33)20-14-45-26(11-25(20)42)19-10-17(31)5-6-24(19)40-13-23(28(34)43)38-39-40/h5-15,18,30H,2-4H2,1H3,(H2,34,43)(H,37,44)/t15-,18?/m1/s1. The number of fused-ring (bicyclic) bond motifs is 4. The van der Waals surface area contributed by atoms with Crippen LogP contribution in [0, 0.1) is 5.92 Å². The summed E-state index contributed by atoms with van der Waals surface area (Å²) >= 11 is 6.28. The molecule has 3 N–H and O–H groups in total. The predicted octanol–water partition coefficient (Wildman–Crippen LogP) is 5.18. The van der Waals surface area contributed by atoms with Crippen molar-refractivity contribution >= 4 is 29.1 Å². The number of aromatic nitrogens is 6. The zero-order valence-corrected chi connectivity index (χ0v) is 24.4. The van der Waals surface area contributed by atoms with E-state index in [0.717, 1.165) is 0 Å². The van der Waals surface area contributed by atoms with Crippen LogP contribution in [-0.2, 0) is 4.79 Å². The van der Waals surface area contributed by atoms with E-state index in [2.05, 4.69) is 25.7 Å². The van der Waals surface area contributed by atoms with Gasteiger partial charge in [0.2, 0.25) is 5.91 Å². The minimum absolute atomic E-state index is 0.0250. The number of hydrogen-bond donors (Lipinski definition) is 2. The van der Waals surface area contributed by atoms with Crippen LogP contribution in [0.15, 0.2) is 70.5 Å². The first-order chi connectivity index (χ1) is 21.6. The Hall–Kier alpha value is -5.24. The fourth-order valence-corrected chi connectivity index (χ4v) is 5.54. The monoisotopic (exact) mass is 634 g/mol. The van der Waals surface area contributed by atoms with Crippen LogP contribution >= 0.6 is 11.6 Å². The molecule has 0 saturated carbocycles. The molecule has 15 heteroatoms. The SMILES string of the molecule is C[C@@H]1CCCC(c2coc(-c3cc(Cl)ccc3-n3cc(C(N)=O)nn3)cc2=O)c2cc(ccn2)-c2c(cnn2C(F)F)NC1=O. The molecule has 1 aliphatic rings. The number of carbonyl (C=O) groups excluding carboxylic acids is 2. The van der Waals surface area contributed by atoms with Gasteiger partial charge in [0.05, 0.1) is 35.7 Å². The maximum atomic E-state index is 13.9. The van der Waals surface area contributed by atoms with Crippen molar-refractivity contribution in [2.75, 3.05) is 5.32 Å². The van der Waals surface area contributed by atoms with Crippen molar-refractivity contribution in [2.24, 2.45) is 11.7 Å². The molecule has 0 fully saturated rings. The molecule has 1 aromatic carbocycles. The molecule has 2 atom stereocenters. The first-order valence-electron chi connectivity index (χ1n) is 13.9. The van der Waals surface area contributed by atoms with E-state index in [1.807, 2.05) is 0 Å². The van der Waals surface area contributed by atoms with Crippen molar-refractivity contribution in [3.63, 3.8) is 0 Å². The highest BCUT2D eigenvalue weighted by Gasteiger charge is 2.27. The Labute approximate surface area is 258 Å². The molecular formula is C30H25ClF2N8O4. The Kier molecular flexibility index (Phi) is 7.97. The number of nitrogens with zero attached hydrogens (tertiary/aromatic N) is 6. The Morgan fingerprint density at radius 3 is 2.73 bits per heavy atom. The summed E-state index contributed by atoms with van der Waals surface area (Å²) in [6.45, 7) is -1.21. The van der Waals surface area contributed by atoms with Gasteiger partial charge in [0.1, 0.15) is 5.76 Å². The second-order valence-electron chi connectivity index (χ2n) is 10.6. The van der Waals surface area contributed by atoms with Crippen molar-refractivity contribution in [2.45, 2.75) is 38.7 Å². The number of nitrogens with two attached hydrogens (primary N) is 1. The van der Waals surface area contributed by atoms with Crippen LogP contribution in [0.25, 0.3) is 28.3 Å². The van der Waals surface area contributed by atoms with Crippen LogP contribution in [0.4, 0.5) is 14.5 Å². The van der Waals surface area contributed by atoms with Crippen molar-refractivity contribution in [1.29, 1.82) is 0 Å². The first-order valence-corrected chi connectivity index (χ1v) is 14.3. The van der Waals surface area contributed by atoms with Gasteiger partial charge in [0.15, 0.2) is 11.1 Å². The molecule has 0 saturated heterocycles. The molecule has 0 spiro atoms. The lowest BCUT2D eigenvalue weighted by molar-refractivity contribution is -0.119. The number of amides is 2. The summed E-state index contributed by atoms with van der Waals surface area (Å²) in [5.41, 5.74) is 7.00. The highest BCUT2D eigenvalue weighted by molar-refractivity contribution is 6.31. The second kappa shape index (κ2) is 12.0. The molecule has 0 radical (unpaired) electrons. The smallest absolute Gasteiger partial charge is 0.333 e. The summed E-state index contributed by atoms with van der Waals surface area (Å²) in [5.74, 6) is -1.93. The maximum Gasteiger partial charge on any atom is 0.333 e. The van der Waals surface area contributed by atoms with Gasteiger partial charge >= 0.3 is 6.55 Å². The highest BCUT2D eigenvalue weighted by Crippen LogP contribution is 2.37. The minimum atomic E-state index is -2.96. The molecular weight excluding hydrogens is 610 g/mol. The maximum absolute atomic E-state index is 13.9. The number of carbonyl (C=O) groups is 2. The average molecular weight is 635 g/mol. The predicted molar refractivity (Wildman–Crippen MR) is 159 cm³/mol. The molecule has 5 heterocycles. The normalized spacial score (nSPS) is 16.9. The molecule has 4 aromatic heterocycles. The van der Waals surface area contributed by atoms with Gasteiger partial charge in [-0.1, -0.05) is 30.2 Å². The van der Waals surface area contributed by atoms with Gasteiger partial charge in [-0.25, -0.2) is 9.36 Å². The van der Waals surface area contributed by atoms with E-state index in [-0.39, 0.29) is 34.2 Å². The second-order valence-corrected chi connectivity index (χ2v) is 11.0. The van der Waals surface area contributed by atoms with Crippen LogP contribution < -0.4 is 16.5 Å². The van der Waals surface area contributed by atoms with Gasteiger partial charge < -0.3 is 15.5 Å². The lowest BCUT2D eigenvalue weighted by Crippen LogP contribution is -2.22. The third kappa shape index (κ3) is 5.83. The van der Waals surface area contributed by atoms with Gasteiger partial charge in [-0.2, -0.15) is 13.9 Å². The fourth-order valence-electron chi connectivity index (χ4n) is 5.37. The van der Waals surface area contributed by atoms with Crippen LogP contribution in [0.3, 0.4) is 0 Å². The number of halogens is 3. The summed E-state index contributed by atoms with van der Waals surface area (Å²) < 4.78 is 35.7. The molecule has 230 valence electrons. The van der Waals surface area contributed by atoms with E-state index in [1.165, 1.54) is 35.6 Å². The molecule has 12 nitrogen and oxygen atoms in total. The topological polar surface area (TPSA) is 164 Å². The molecule has 6 rings (SSSR count). The molecule has 1 unspecified atom stereocenters. The van der Waals surface area contributed by atoms with Crippen LogP contribution in [0.5, 0.6) is 0 Å². The quantitative estimate of drug-likeness (QED) is 0.267. The molecule has 1 aliphatic heterocycles. The first kappa shape index (κ1) is 29.8. The molecule has 2 amide bonds. The number of nitrogens with one attached hydrogen (secondary N) is 1. The number of hydrogen-bond acceptors (Lipinski definition) is 8. The number of primary amides is 1. The molecule has 0 aliphatic carbocycles. The lowest BCUT2D eigenvalue weighted by Gasteiger charge is -2.20. The molecule has 2 bridgehead atoms. The van der Waals surface area contributed by atoms with Crippen LogP contribution in [-0.4, -0.2) is 41.6 Å². The van der Waals surface area contributed by atoms with E-state index in [1.54, 1.807) is 37.3 Å². The van der Waals surface area contributed by atoms with E-state index >= 15 is 0 Å². The Bertz CT molecular complexity index is 1990. The average Bonchev–Trinajstić information content (AvgIpc) is 3.67. The van der Waals surface area contributed by atoms with Crippen molar-refractivity contribution in [3.8, 4) is 28.3 Å². The highest BCUT2D eigenvalue weighted by atomic mass is 35.5. The number of benzene rings is 1. The summed E-state index contributed by atoms with van der Waals surface area (Å²) in [7, 11) is 0. The largest absolute Gasteiger partial charge is 0.464 e. The third-order valence-corrected chi connectivity index (χ3v) is 7.91. The van der Waals surface area contributed by atoms with Crippen LogP contribution in [0.2, 0.25) is 5.02 Å². The number of alkyl halides is 2. The molecule has 45 heavy (non-hydrogen) atoms. The van der Waals surface area contributed by atoms with E-state index in [9.17, 15) is 23.2 Å². The van der Waals surface area contributed by atoms with Crippen LogP contribution in [0.1, 0.15) is 60.4 Å². The van der Waals surface area contributed by atoms with Gasteiger partial charge in [0, 0.05) is 51.5 Å². The van der Waals surface area contributed by atoms with Gasteiger partial charge in [-0.15, -0.1) is 5.10 Å².